The molecule has 0 atom stereocenters. The minimum Gasteiger partial charge on any atom is -0.466 e. The first-order chi connectivity index (χ1) is 17.1. The normalized spacial score (nSPS) is 13.4. The number of hydrogen-bond donors (Lipinski definition) is 0. The Bertz CT molecular complexity index is 1480. The molecule has 1 aliphatic carbocycles. The number of esters is 1. The van der Waals surface area contributed by atoms with Crippen LogP contribution >= 0.6 is 0 Å². The summed E-state index contributed by atoms with van der Waals surface area (Å²) < 4.78 is 10.8. The number of ether oxygens (including phenoxy) is 1. The average molecular weight is 473 g/mol. The Hall–Kier alpha value is -3.93. The van der Waals surface area contributed by atoms with Crippen molar-refractivity contribution in [2.24, 2.45) is 0 Å². The zero-order valence-corrected chi connectivity index (χ0v) is 19.8. The predicted octanol–water partition coefficient (Wildman–Crippen LogP) is 3.93. The number of imidazole rings is 2. The van der Waals surface area contributed by atoms with E-state index in [1.54, 1.807) is 29.1 Å². The third-order valence-electron chi connectivity index (χ3n) is 6.51. The Labute approximate surface area is 202 Å². The second kappa shape index (κ2) is 9.74. The quantitative estimate of drug-likeness (QED) is 0.256. The lowest BCUT2D eigenvalue weighted by Crippen LogP contribution is -2.25. The van der Waals surface area contributed by atoms with Gasteiger partial charge in [-0.05, 0) is 56.4 Å². The van der Waals surface area contributed by atoms with Crippen LogP contribution in [0.2, 0.25) is 0 Å². The lowest BCUT2D eigenvalue weighted by Gasteiger charge is -2.10. The molecule has 0 saturated heterocycles. The number of carbonyl (C=O) groups is 1. The van der Waals surface area contributed by atoms with E-state index in [1.165, 1.54) is 6.92 Å². The number of carbonyl (C=O) groups excluding carboxylic acids is 1. The van der Waals surface area contributed by atoms with Crippen molar-refractivity contribution in [3.63, 3.8) is 0 Å². The highest BCUT2D eigenvalue weighted by atomic mass is 16.5. The number of nitrogens with zero attached hydrogens (tertiary/aromatic N) is 6. The van der Waals surface area contributed by atoms with Gasteiger partial charge in [-0.1, -0.05) is 6.42 Å². The zero-order chi connectivity index (χ0) is 24.4. The molecular formula is C26H28N6O3. The van der Waals surface area contributed by atoms with E-state index in [0.717, 1.165) is 73.0 Å². The molecule has 0 spiro atoms. The lowest BCUT2D eigenvalue weighted by atomic mass is 10.2. The van der Waals surface area contributed by atoms with E-state index in [2.05, 4.69) is 15.6 Å². The first-order valence-corrected chi connectivity index (χ1v) is 12.1. The minimum atomic E-state index is -0.246. The molecule has 9 heteroatoms. The van der Waals surface area contributed by atoms with Crippen molar-refractivity contribution in [3.05, 3.63) is 58.5 Å². The Morgan fingerprint density at radius 3 is 2.71 bits per heavy atom. The van der Waals surface area contributed by atoms with Gasteiger partial charge in [0.25, 0.3) is 0 Å². The summed E-state index contributed by atoms with van der Waals surface area (Å²) in [7, 11) is 0. The third-order valence-corrected chi connectivity index (χ3v) is 6.51. The highest BCUT2D eigenvalue weighted by Gasteiger charge is 2.29. The van der Waals surface area contributed by atoms with E-state index in [1.807, 2.05) is 16.7 Å². The maximum atomic E-state index is 13.4. The second-order valence-corrected chi connectivity index (χ2v) is 9.08. The standard InChI is InChI=1S/C26H28N6O3/c1-18(33)35-13-5-3-2-4-12-30-22-9-6-19(15-27)14-21(22)29-25(30)17-31-24-16-28-11-10-23(24)32(26(31)34)20-7-8-20/h6,9-11,14,16,20H,2-5,7-8,12-13,17H2,1H3. The summed E-state index contributed by atoms with van der Waals surface area (Å²) in [4.78, 5) is 33.4. The molecule has 180 valence electrons. The van der Waals surface area contributed by atoms with Crippen LogP contribution in [0.4, 0.5) is 0 Å². The molecule has 1 saturated carbocycles. The zero-order valence-electron chi connectivity index (χ0n) is 19.8. The van der Waals surface area contributed by atoms with E-state index in [4.69, 9.17) is 9.72 Å². The molecule has 3 heterocycles. The molecule has 3 aromatic heterocycles. The monoisotopic (exact) mass is 472 g/mol. The second-order valence-electron chi connectivity index (χ2n) is 9.08. The van der Waals surface area contributed by atoms with Crippen LogP contribution in [-0.4, -0.2) is 36.2 Å². The number of rotatable bonds is 10. The molecule has 0 amide bonds. The van der Waals surface area contributed by atoms with Crippen LogP contribution in [-0.2, 0) is 22.6 Å². The van der Waals surface area contributed by atoms with Crippen molar-refractivity contribution < 1.29 is 9.53 Å². The van der Waals surface area contributed by atoms with E-state index >= 15 is 0 Å². The van der Waals surface area contributed by atoms with Crippen molar-refractivity contribution in [3.8, 4) is 6.07 Å². The van der Waals surface area contributed by atoms with Crippen molar-refractivity contribution in [2.75, 3.05) is 6.61 Å². The van der Waals surface area contributed by atoms with Crippen LogP contribution in [0.25, 0.3) is 22.1 Å². The number of hydrogen-bond acceptors (Lipinski definition) is 6. The Morgan fingerprint density at radius 2 is 1.94 bits per heavy atom. The van der Waals surface area contributed by atoms with Crippen LogP contribution in [0.3, 0.4) is 0 Å². The number of unbranched alkanes of at least 4 members (excludes halogenated alkanes) is 3. The maximum Gasteiger partial charge on any atom is 0.329 e. The predicted molar refractivity (Wildman–Crippen MR) is 131 cm³/mol. The van der Waals surface area contributed by atoms with Crippen molar-refractivity contribution in [2.45, 2.75) is 64.6 Å². The van der Waals surface area contributed by atoms with Crippen LogP contribution in [0, 0.1) is 11.3 Å². The number of aromatic nitrogens is 5. The molecule has 9 nitrogen and oxygen atoms in total. The smallest absolute Gasteiger partial charge is 0.329 e. The Kier molecular flexibility index (Phi) is 6.36. The highest BCUT2D eigenvalue weighted by Crippen LogP contribution is 2.36. The molecule has 1 aliphatic rings. The van der Waals surface area contributed by atoms with Gasteiger partial charge in [0.05, 0.1) is 53.0 Å². The minimum absolute atomic E-state index is 0.0303. The van der Waals surface area contributed by atoms with Gasteiger partial charge in [0.15, 0.2) is 0 Å². The fraction of sp³-hybridized carbons (Fsp3) is 0.423. The molecule has 5 rings (SSSR count). The van der Waals surface area contributed by atoms with Crippen molar-refractivity contribution >= 4 is 28.0 Å². The van der Waals surface area contributed by atoms with Gasteiger partial charge in [-0.15, -0.1) is 0 Å². The molecule has 1 fully saturated rings. The number of aryl methyl sites for hydroxylation is 1. The largest absolute Gasteiger partial charge is 0.466 e. The summed E-state index contributed by atoms with van der Waals surface area (Å²) in [6.45, 7) is 2.96. The van der Waals surface area contributed by atoms with Gasteiger partial charge < -0.3 is 9.30 Å². The van der Waals surface area contributed by atoms with Gasteiger partial charge in [-0.25, -0.2) is 9.78 Å². The topological polar surface area (TPSA) is 108 Å². The molecule has 0 N–H and O–H groups in total. The summed E-state index contributed by atoms with van der Waals surface area (Å²) in [5, 5.41) is 9.33. The molecule has 35 heavy (non-hydrogen) atoms. The number of benzene rings is 1. The fourth-order valence-electron chi connectivity index (χ4n) is 4.67. The van der Waals surface area contributed by atoms with Gasteiger partial charge >= 0.3 is 11.7 Å². The van der Waals surface area contributed by atoms with Crippen LogP contribution in [0.15, 0.2) is 41.5 Å². The molecule has 1 aromatic carbocycles. The van der Waals surface area contributed by atoms with Crippen molar-refractivity contribution in [1.82, 2.24) is 23.7 Å². The maximum absolute atomic E-state index is 13.4. The Morgan fingerprint density at radius 1 is 1.11 bits per heavy atom. The van der Waals surface area contributed by atoms with Crippen molar-refractivity contribution in [1.29, 1.82) is 5.26 Å². The lowest BCUT2D eigenvalue weighted by molar-refractivity contribution is -0.141. The molecule has 0 radical (unpaired) electrons. The van der Waals surface area contributed by atoms with Crippen LogP contribution < -0.4 is 5.69 Å². The van der Waals surface area contributed by atoms with E-state index in [0.29, 0.717) is 18.7 Å². The summed E-state index contributed by atoms with van der Waals surface area (Å²) >= 11 is 0. The summed E-state index contributed by atoms with van der Waals surface area (Å²) in [5.74, 6) is 0.542. The van der Waals surface area contributed by atoms with Gasteiger partial charge in [0, 0.05) is 25.7 Å². The van der Waals surface area contributed by atoms with Gasteiger partial charge in [0.2, 0.25) is 0 Å². The first-order valence-electron chi connectivity index (χ1n) is 12.1. The first kappa shape index (κ1) is 22.8. The van der Waals surface area contributed by atoms with E-state index in [-0.39, 0.29) is 17.7 Å². The molecular weight excluding hydrogens is 444 g/mol. The highest BCUT2D eigenvalue weighted by molar-refractivity contribution is 5.78. The fourth-order valence-corrected chi connectivity index (χ4v) is 4.67. The third kappa shape index (κ3) is 4.69. The van der Waals surface area contributed by atoms with Gasteiger partial charge in [-0.2, -0.15) is 5.26 Å². The molecule has 0 unspecified atom stereocenters. The molecule has 0 aliphatic heterocycles. The van der Waals surface area contributed by atoms with Crippen LogP contribution in [0.1, 0.15) is 62.9 Å². The average Bonchev–Trinajstić information content (AvgIpc) is 3.57. The molecule has 4 aromatic rings. The number of pyridine rings is 1. The van der Waals surface area contributed by atoms with E-state index < -0.39 is 0 Å². The van der Waals surface area contributed by atoms with Gasteiger partial charge in [0.1, 0.15) is 5.82 Å². The summed E-state index contributed by atoms with van der Waals surface area (Å²) in [6.07, 6.45) is 9.24. The number of nitriles is 1. The van der Waals surface area contributed by atoms with E-state index in [9.17, 15) is 14.9 Å². The molecule has 0 bridgehead atoms. The summed E-state index contributed by atoms with van der Waals surface area (Å²) in [6, 6.07) is 9.88. The van der Waals surface area contributed by atoms with Gasteiger partial charge in [-0.3, -0.25) is 18.9 Å². The Balaban J connectivity index is 1.43. The van der Waals surface area contributed by atoms with Crippen LogP contribution in [0.5, 0.6) is 0 Å². The SMILES string of the molecule is CC(=O)OCCCCCCn1c(Cn2c(=O)n(C3CC3)c3ccncc32)nc2cc(C#N)ccc21. The summed E-state index contributed by atoms with van der Waals surface area (Å²) in [5.41, 5.74) is 3.96. The number of fused-ring (bicyclic) bond motifs is 2.